The molecule has 0 saturated heterocycles. The highest BCUT2D eigenvalue weighted by atomic mass is 35.5. The number of carbonyl (C=O) groups excluding carboxylic acids is 2. The molecule has 0 fully saturated rings. The minimum Gasteiger partial charge on any atom is -0.497 e. The van der Waals surface area contributed by atoms with Gasteiger partial charge in [-0.15, -0.1) is 0 Å². The summed E-state index contributed by atoms with van der Waals surface area (Å²) in [6, 6.07) is 18.2. The maximum absolute atomic E-state index is 14.1. The van der Waals surface area contributed by atoms with Crippen LogP contribution in [-0.4, -0.2) is 50.9 Å². The third kappa shape index (κ3) is 8.15. The topological polar surface area (TPSA) is 96.0 Å². The molecule has 0 heterocycles. The number of amides is 2. The SMILES string of the molecule is CC[C@H](C(=O)N[C@@H](C)CC)N(Cc1ccc(Cl)cc1Cl)C(=O)CN(c1ccc(OC)cc1)S(=O)(=O)c1ccccc1. The van der Waals surface area contributed by atoms with Gasteiger partial charge < -0.3 is 15.0 Å². The molecule has 0 spiro atoms. The van der Waals surface area contributed by atoms with Crippen molar-refractivity contribution in [2.24, 2.45) is 0 Å². The summed E-state index contributed by atoms with van der Waals surface area (Å²) in [5.41, 5.74) is 0.839. The van der Waals surface area contributed by atoms with E-state index in [1.807, 2.05) is 13.8 Å². The Kier molecular flexibility index (Phi) is 11.5. The lowest BCUT2D eigenvalue weighted by atomic mass is 10.1. The molecule has 0 aliphatic heterocycles. The largest absolute Gasteiger partial charge is 0.497 e. The van der Waals surface area contributed by atoms with E-state index in [0.29, 0.717) is 34.2 Å². The Morgan fingerprint density at radius 2 is 1.61 bits per heavy atom. The van der Waals surface area contributed by atoms with E-state index in [1.54, 1.807) is 67.6 Å². The smallest absolute Gasteiger partial charge is 0.264 e. The van der Waals surface area contributed by atoms with Crippen molar-refractivity contribution in [3.05, 3.63) is 88.4 Å². The maximum atomic E-state index is 14.1. The number of ether oxygens (including phenoxy) is 1. The predicted molar refractivity (Wildman–Crippen MR) is 163 cm³/mol. The highest BCUT2D eigenvalue weighted by Crippen LogP contribution is 2.28. The van der Waals surface area contributed by atoms with Crippen LogP contribution in [0.25, 0.3) is 0 Å². The second kappa shape index (κ2) is 14.6. The van der Waals surface area contributed by atoms with E-state index in [-0.39, 0.29) is 29.1 Å². The molecule has 0 radical (unpaired) electrons. The molecule has 0 aliphatic rings. The van der Waals surface area contributed by atoms with Gasteiger partial charge in [0.1, 0.15) is 18.3 Å². The Bertz CT molecular complexity index is 1440. The van der Waals surface area contributed by atoms with Gasteiger partial charge >= 0.3 is 0 Å². The molecule has 3 aromatic carbocycles. The first-order valence-corrected chi connectivity index (χ1v) is 15.5. The number of halogens is 2. The van der Waals surface area contributed by atoms with Crippen molar-refractivity contribution in [1.82, 2.24) is 10.2 Å². The second-order valence-electron chi connectivity index (χ2n) is 9.52. The van der Waals surface area contributed by atoms with Gasteiger partial charge in [0.2, 0.25) is 11.8 Å². The van der Waals surface area contributed by atoms with Gasteiger partial charge in [-0.1, -0.05) is 61.3 Å². The van der Waals surface area contributed by atoms with Gasteiger partial charge in [-0.3, -0.25) is 13.9 Å². The molecule has 8 nitrogen and oxygen atoms in total. The summed E-state index contributed by atoms with van der Waals surface area (Å²) in [5.74, 6) is -0.372. The number of nitrogens with zero attached hydrogens (tertiary/aromatic N) is 2. The summed E-state index contributed by atoms with van der Waals surface area (Å²) in [6.07, 6.45) is 1.01. The van der Waals surface area contributed by atoms with E-state index in [1.165, 1.54) is 24.1 Å². The number of hydrogen-bond donors (Lipinski definition) is 1. The molecule has 1 N–H and O–H groups in total. The predicted octanol–water partition coefficient (Wildman–Crippen LogP) is 5.92. The third-order valence-electron chi connectivity index (χ3n) is 6.71. The second-order valence-corrected chi connectivity index (χ2v) is 12.2. The van der Waals surface area contributed by atoms with E-state index in [4.69, 9.17) is 27.9 Å². The molecule has 3 rings (SSSR count). The van der Waals surface area contributed by atoms with E-state index in [0.717, 1.165) is 4.31 Å². The Hall–Kier alpha value is -3.27. The summed E-state index contributed by atoms with van der Waals surface area (Å²) in [6.45, 7) is 5.05. The monoisotopic (exact) mass is 619 g/mol. The highest BCUT2D eigenvalue weighted by Gasteiger charge is 2.34. The summed E-state index contributed by atoms with van der Waals surface area (Å²) < 4.78 is 34.0. The molecule has 41 heavy (non-hydrogen) atoms. The number of methoxy groups -OCH3 is 1. The van der Waals surface area contributed by atoms with Crippen LogP contribution in [0.15, 0.2) is 77.7 Å². The molecule has 2 atom stereocenters. The van der Waals surface area contributed by atoms with Gasteiger partial charge in [0, 0.05) is 22.6 Å². The molecule has 0 bridgehead atoms. The number of anilines is 1. The Balaban J connectivity index is 2.07. The van der Waals surface area contributed by atoms with E-state index < -0.39 is 28.5 Å². The van der Waals surface area contributed by atoms with Crippen molar-refractivity contribution in [3.63, 3.8) is 0 Å². The molecule has 3 aromatic rings. The fourth-order valence-electron chi connectivity index (χ4n) is 4.19. The number of sulfonamides is 1. The van der Waals surface area contributed by atoms with Crippen molar-refractivity contribution in [2.45, 2.75) is 57.1 Å². The maximum Gasteiger partial charge on any atom is 0.264 e. The van der Waals surface area contributed by atoms with Gasteiger partial charge in [0.05, 0.1) is 17.7 Å². The van der Waals surface area contributed by atoms with Crippen molar-refractivity contribution < 1.29 is 22.7 Å². The Morgan fingerprint density at radius 3 is 2.17 bits per heavy atom. The third-order valence-corrected chi connectivity index (χ3v) is 9.09. The number of carbonyl (C=O) groups is 2. The van der Waals surface area contributed by atoms with Crippen molar-refractivity contribution in [2.75, 3.05) is 18.0 Å². The number of benzene rings is 3. The standard InChI is InChI=1S/C30H35Cl2N3O5S/c1-5-21(3)33-30(37)28(6-2)34(19-22-12-13-23(31)18-27(22)32)29(36)20-35(24-14-16-25(40-4)17-15-24)41(38,39)26-10-8-7-9-11-26/h7-18,21,28H,5-6,19-20H2,1-4H3,(H,33,37)/t21-,28+/m0/s1. The van der Waals surface area contributed by atoms with Crippen molar-refractivity contribution >= 4 is 50.7 Å². The van der Waals surface area contributed by atoms with Crippen LogP contribution in [0, 0.1) is 0 Å². The highest BCUT2D eigenvalue weighted by molar-refractivity contribution is 7.92. The summed E-state index contributed by atoms with van der Waals surface area (Å²) >= 11 is 12.5. The zero-order valence-corrected chi connectivity index (χ0v) is 25.8. The van der Waals surface area contributed by atoms with Crippen molar-refractivity contribution in [3.8, 4) is 5.75 Å². The van der Waals surface area contributed by atoms with Crippen LogP contribution in [0.4, 0.5) is 5.69 Å². The average molecular weight is 621 g/mol. The molecule has 0 aromatic heterocycles. The minimum absolute atomic E-state index is 0.0247. The summed E-state index contributed by atoms with van der Waals surface area (Å²) in [5, 5.41) is 3.71. The molecule has 0 unspecified atom stereocenters. The number of nitrogens with one attached hydrogen (secondary N) is 1. The Morgan fingerprint density at radius 1 is 0.951 bits per heavy atom. The molecular formula is C30H35Cl2N3O5S. The zero-order valence-electron chi connectivity index (χ0n) is 23.5. The van der Waals surface area contributed by atoms with Gasteiger partial charge in [-0.25, -0.2) is 8.42 Å². The van der Waals surface area contributed by atoms with E-state index in [2.05, 4.69) is 5.32 Å². The Labute approximate surface area is 252 Å². The molecule has 0 saturated carbocycles. The van der Waals surface area contributed by atoms with Crippen LogP contribution in [-0.2, 0) is 26.2 Å². The summed E-state index contributed by atoms with van der Waals surface area (Å²) in [4.78, 5) is 28.9. The van der Waals surface area contributed by atoms with Gasteiger partial charge in [0.25, 0.3) is 10.0 Å². The zero-order chi connectivity index (χ0) is 30.2. The lowest BCUT2D eigenvalue weighted by Crippen LogP contribution is -2.53. The fraction of sp³-hybridized carbons (Fsp3) is 0.333. The van der Waals surface area contributed by atoms with Gasteiger partial charge in [0.15, 0.2) is 0 Å². The first-order valence-electron chi connectivity index (χ1n) is 13.3. The molecule has 220 valence electrons. The van der Waals surface area contributed by atoms with Crippen LogP contribution < -0.4 is 14.4 Å². The molecule has 2 amide bonds. The lowest BCUT2D eigenvalue weighted by molar-refractivity contribution is -0.140. The minimum atomic E-state index is -4.16. The van der Waals surface area contributed by atoms with Crippen molar-refractivity contribution in [1.29, 1.82) is 0 Å². The van der Waals surface area contributed by atoms with E-state index in [9.17, 15) is 18.0 Å². The van der Waals surface area contributed by atoms with Crippen LogP contribution in [0.5, 0.6) is 5.75 Å². The van der Waals surface area contributed by atoms with Crippen LogP contribution >= 0.6 is 23.2 Å². The number of hydrogen-bond acceptors (Lipinski definition) is 5. The molecule has 11 heteroatoms. The molecule has 0 aliphatic carbocycles. The quantitative estimate of drug-likeness (QED) is 0.256. The normalized spacial score (nSPS) is 12.7. The summed E-state index contributed by atoms with van der Waals surface area (Å²) in [7, 11) is -2.66. The first kappa shape index (κ1) is 32.2. The number of rotatable bonds is 13. The van der Waals surface area contributed by atoms with Crippen LogP contribution in [0.2, 0.25) is 10.0 Å². The van der Waals surface area contributed by atoms with Crippen LogP contribution in [0.1, 0.15) is 39.2 Å². The van der Waals surface area contributed by atoms with Crippen LogP contribution in [0.3, 0.4) is 0 Å². The first-order chi connectivity index (χ1) is 19.5. The van der Waals surface area contributed by atoms with E-state index >= 15 is 0 Å². The van der Waals surface area contributed by atoms with Gasteiger partial charge in [-0.05, 0) is 73.9 Å². The fourth-order valence-corrected chi connectivity index (χ4v) is 6.09. The van der Waals surface area contributed by atoms with Gasteiger partial charge in [-0.2, -0.15) is 0 Å². The molecular weight excluding hydrogens is 585 g/mol. The average Bonchev–Trinajstić information content (AvgIpc) is 2.97. The lowest BCUT2D eigenvalue weighted by Gasteiger charge is -2.34.